The third-order valence-electron chi connectivity index (χ3n) is 3.88. The first-order valence-corrected chi connectivity index (χ1v) is 8.49. The number of amides is 1. The van der Waals surface area contributed by atoms with E-state index in [1.165, 1.54) is 0 Å². The van der Waals surface area contributed by atoms with E-state index in [1.54, 1.807) is 60.9 Å². The lowest BCUT2D eigenvalue weighted by atomic mass is 10.1. The summed E-state index contributed by atoms with van der Waals surface area (Å²) in [5.74, 6) is 0.507. The van der Waals surface area contributed by atoms with Gasteiger partial charge in [-0.1, -0.05) is 28.9 Å². The smallest absolute Gasteiger partial charge is 0.260 e. The summed E-state index contributed by atoms with van der Waals surface area (Å²) in [4.78, 5) is 20.9. The van der Waals surface area contributed by atoms with Gasteiger partial charge in [0.1, 0.15) is 0 Å². The molecule has 0 aliphatic carbocycles. The van der Waals surface area contributed by atoms with E-state index in [-0.39, 0.29) is 5.91 Å². The largest absolute Gasteiger partial charge is 0.334 e. The average molecular weight is 377 g/mol. The van der Waals surface area contributed by atoms with Crippen LogP contribution in [0.5, 0.6) is 0 Å². The minimum atomic E-state index is -0.256. The molecule has 2 heterocycles. The fraction of sp³-hybridized carbons (Fsp3) is 0. The number of nitrogens with zero attached hydrogens (tertiary/aromatic N) is 3. The van der Waals surface area contributed by atoms with Crippen LogP contribution in [-0.2, 0) is 0 Å². The molecule has 2 aromatic carbocycles. The minimum Gasteiger partial charge on any atom is -0.334 e. The number of hydrogen-bond donors (Lipinski definition) is 1. The monoisotopic (exact) mass is 376 g/mol. The molecule has 0 radical (unpaired) electrons. The van der Waals surface area contributed by atoms with Crippen molar-refractivity contribution in [2.24, 2.45) is 0 Å². The van der Waals surface area contributed by atoms with Crippen molar-refractivity contribution in [3.05, 3.63) is 83.6 Å². The molecule has 0 bridgehead atoms. The van der Waals surface area contributed by atoms with Crippen LogP contribution in [0, 0.1) is 0 Å². The molecular weight excluding hydrogens is 364 g/mol. The van der Waals surface area contributed by atoms with Crippen molar-refractivity contribution >= 4 is 23.2 Å². The first kappa shape index (κ1) is 16.9. The molecule has 0 atom stereocenters. The molecule has 0 fully saturated rings. The molecule has 7 heteroatoms. The summed E-state index contributed by atoms with van der Waals surface area (Å²) in [6, 6.07) is 17.5. The molecule has 0 saturated carbocycles. The lowest BCUT2D eigenvalue weighted by Gasteiger charge is -2.08. The number of carbonyl (C=O) groups is 1. The first-order valence-electron chi connectivity index (χ1n) is 8.11. The lowest BCUT2D eigenvalue weighted by Crippen LogP contribution is -2.12. The van der Waals surface area contributed by atoms with E-state index in [0.29, 0.717) is 33.6 Å². The molecule has 0 saturated heterocycles. The molecule has 1 amide bonds. The van der Waals surface area contributed by atoms with Gasteiger partial charge in [-0.2, -0.15) is 4.98 Å². The summed E-state index contributed by atoms with van der Waals surface area (Å²) in [5.41, 5.74) is 2.50. The second-order valence-electron chi connectivity index (χ2n) is 5.67. The zero-order valence-corrected chi connectivity index (χ0v) is 14.7. The van der Waals surface area contributed by atoms with E-state index in [2.05, 4.69) is 20.4 Å². The van der Waals surface area contributed by atoms with Crippen LogP contribution in [0.4, 0.5) is 5.69 Å². The van der Waals surface area contributed by atoms with Gasteiger partial charge < -0.3 is 9.84 Å². The van der Waals surface area contributed by atoms with Crippen LogP contribution in [-0.4, -0.2) is 21.0 Å². The third kappa shape index (κ3) is 3.70. The van der Waals surface area contributed by atoms with Crippen LogP contribution >= 0.6 is 11.6 Å². The highest BCUT2D eigenvalue weighted by Crippen LogP contribution is 2.28. The van der Waals surface area contributed by atoms with E-state index in [0.717, 1.165) is 5.56 Å². The van der Waals surface area contributed by atoms with Gasteiger partial charge in [0.05, 0.1) is 11.3 Å². The summed E-state index contributed by atoms with van der Waals surface area (Å²) in [6.45, 7) is 0. The fourth-order valence-corrected chi connectivity index (χ4v) is 2.65. The Labute approximate surface area is 159 Å². The Bertz CT molecular complexity index is 1080. The second-order valence-corrected chi connectivity index (χ2v) is 6.10. The first-order chi connectivity index (χ1) is 13.2. The number of rotatable bonds is 4. The maximum absolute atomic E-state index is 12.5. The Balaban J connectivity index is 1.63. The molecule has 0 spiro atoms. The van der Waals surface area contributed by atoms with Crippen LogP contribution in [0.3, 0.4) is 0 Å². The number of aromatic nitrogens is 3. The van der Waals surface area contributed by atoms with Gasteiger partial charge in [-0.05, 0) is 48.5 Å². The highest BCUT2D eigenvalue weighted by Gasteiger charge is 2.16. The van der Waals surface area contributed by atoms with Crippen molar-refractivity contribution in [3.8, 4) is 22.8 Å². The van der Waals surface area contributed by atoms with Gasteiger partial charge in [0.15, 0.2) is 0 Å². The van der Waals surface area contributed by atoms with Gasteiger partial charge in [0.2, 0.25) is 5.82 Å². The van der Waals surface area contributed by atoms with E-state index in [9.17, 15) is 4.79 Å². The van der Waals surface area contributed by atoms with Gasteiger partial charge in [-0.25, -0.2) is 0 Å². The molecule has 6 nitrogen and oxygen atoms in total. The Hall–Kier alpha value is -3.51. The quantitative estimate of drug-likeness (QED) is 0.558. The number of para-hydroxylation sites is 1. The molecule has 0 unspecified atom stereocenters. The third-order valence-corrected chi connectivity index (χ3v) is 4.13. The van der Waals surface area contributed by atoms with Crippen LogP contribution in [0.2, 0.25) is 5.02 Å². The Kier molecular flexibility index (Phi) is 4.63. The molecule has 1 N–H and O–H groups in total. The SMILES string of the molecule is O=C(Nc1ccccc1-c1nc(-c2ccncc2)no1)c1ccc(Cl)cc1. The topological polar surface area (TPSA) is 80.9 Å². The van der Waals surface area contributed by atoms with Crippen LogP contribution in [0.15, 0.2) is 77.6 Å². The lowest BCUT2D eigenvalue weighted by molar-refractivity contribution is 0.102. The van der Waals surface area contributed by atoms with E-state index < -0.39 is 0 Å². The van der Waals surface area contributed by atoms with Gasteiger partial charge in [-0.15, -0.1) is 0 Å². The summed E-state index contributed by atoms with van der Waals surface area (Å²) < 4.78 is 5.40. The van der Waals surface area contributed by atoms with Gasteiger partial charge >= 0.3 is 0 Å². The number of benzene rings is 2. The number of pyridine rings is 1. The van der Waals surface area contributed by atoms with Crippen LogP contribution in [0.25, 0.3) is 22.8 Å². The van der Waals surface area contributed by atoms with Crippen LogP contribution in [0.1, 0.15) is 10.4 Å². The highest BCUT2D eigenvalue weighted by molar-refractivity contribution is 6.30. The van der Waals surface area contributed by atoms with E-state index in [4.69, 9.17) is 16.1 Å². The number of carbonyl (C=O) groups excluding carboxylic acids is 1. The fourth-order valence-electron chi connectivity index (χ4n) is 2.53. The zero-order valence-electron chi connectivity index (χ0n) is 14.0. The van der Waals surface area contributed by atoms with E-state index in [1.807, 2.05) is 12.1 Å². The second kappa shape index (κ2) is 7.39. The Morgan fingerprint density at radius 2 is 1.70 bits per heavy atom. The maximum Gasteiger partial charge on any atom is 0.260 e. The molecule has 4 rings (SSSR count). The van der Waals surface area contributed by atoms with Crippen molar-refractivity contribution in [1.29, 1.82) is 0 Å². The predicted octanol–water partition coefficient (Wildman–Crippen LogP) is 4.70. The van der Waals surface area contributed by atoms with Gasteiger partial charge in [-0.3, -0.25) is 9.78 Å². The molecule has 132 valence electrons. The van der Waals surface area contributed by atoms with Crippen molar-refractivity contribution in [1.82, 2.24) is 15.1 Å². The molecule has 0 aliphatic rings. The van der Waals surface area contributed by atoms with Crippen molar-refractivity contribution in [3.63, 3.8) is 0 Å². The van der Waals surface area contributed by atoms with Gasteiger partial charge in [0.25, 0.3) is 11.8 Å². The summed E-state index contributed by atoms with van der Waals surface area (Å²) in [6.07, 6.45) is 3.32. The molecule has 2 aromatic heterocycles. The summed E-state index contributed by atoms with van der Waals surface area (Å²) >= 11 is 5.87. The van der Waals surface area contributed by atoms with Crippen molar-refractivity contribution < 1.29 is 9.32 Å². The number of nitrogens with one attached hydrogen (secondary N) is 1. The molecule has 27 heavy (non-hydrogen) atoms. The Morgan fingerprint density at radius 1 is 0.963 bits per heavy atom. The minimum absolute atomic E-state index is 0.256. The van der Waals surface area contributed by atoms with Crippen molar-refractivity contribution in [2.75, 3.05) is 5.32 Å². The molecule has 0 aliphatic heterocycles. The van der Waals surface area contributed by atoms with Gasteiger partial charge in [0, 0.05) is 28.5 Å². The normalized spacial score (nSPS) is 10.6. The highest BCUT2D eigenvalue weighted by atomic mass is 35.5. The standard InChI is InChI=1S/C20H13ClN4O2/c21-15-7-5-14(6-8-15)19(26)23-17-4-2-1-3-16(17)20-24-18(25-27-20)13-9-11-22-12-10-13/h1-12H,(H,23,26). The predicted molar refractivity (Wildman–Crippen MR) is 102 cm³/mol. The summed E-state index contributed by atoms with van der Waals surface area (Å²) in [5, 5.41) is 7.45. The average Bonchev–Trinajstić information content (AvgIpc) is 3.19. The Morgan fingerprint density at radius 3 is 2.48 bits per heavy atom. The summed E-state index contributed by atoms with van der Waals surface area (Å²) in [7, 11) is 0. The molecule has 4 aromatic rings. The zero-order chi connectivity index (χ0) is 18.6. The number of anilines is 1. The van der Waals surface area contributed by atoms with E-state index >= 15 is 0 Å². The number of halogens is 1. The maximum atomic E-state index is 12.5. The molecular formula is C20H13ClN4O2. The van der Waals surface area contributed by atoms with Crippen molar-refractivity contribution in [2.45, 2.75) is 0 Å². The van der Waals surface area contributed by atoms with Crippen LogP contribution < -0.4 is 5.32 Å². The number of hydrogen-bond acceptors (Lipinski definition) is 5.